The second-order valence-electron chi connectivity index (χ2n) is 8.28. The van der Waals surface area contributed by atoms with Crippen molar-refractivity contribution in [1.82, 2.24) is 5.32 Å². The lowest BCUT2D eigenvalue weighted by atomic mass is 9.84. The molecule has 1 unspecified atom stereocenters. The van der Waals surface area contributed by atoms with Crippen LogP contribution in [-0.4, -0.2) is 42.6 Å². The van der Waals surface area contributed by atoms with Gasteiger partial charge in [-0.1, -0.05) is 30.9 Å². The lowest BCUT2D eigenvalue weighted by molar-refractivity contribution is -0.142. The molecule has 9 heteroatoms. The third-order valence-corrected chi connectivity index (χ3v) is 6.48. The van der Waals surface area contributed by atoms with E-state index in [1.54, 1.807) is 19.9 Å². The Kier molecular flexibility index (Phi) is 6.67. The molecule has 34 heavy (non-hydrogen) atoms. The van der Waals surface area contributed by atoms with Crippen LogP contribution in [0, 0.1) is 11.3 Å². The second kappa shape index (κ2) is 9.51. The number of hydrogen-bond donors (Lipinski definition) is 1. The number of fused-ring (bicyclic) bond motifs is 1. The van der Waals surface area contributed by atoms with Crippen LogP contribution in [0.1, 0.15) is 56.3 Å². The summed E-state index contributed by atoms with van der Waals surface area (Å²) in [6.07, 6.45) is 4.72. The van der Waals surface area contributed by atoms with Gasteiger partial charge in [-0.3, -0.25) is 4.79 Å². The highest BCUT2D eigenvalue weighted by Crippen LogP contribution is 2.51. The Hall–Kier alpha value is -3.31. The molecule has 1 aliphatic heterocycles. The molecule has 1 heterocycles. The van der Waals surface area contributed by atoms with Crippen LogP contribution in [0.15, 0.2) is 40.6 Å². The van der Waals surface area contributed by atoms with Crippen molar-refractivity contribution < 1.29 is 28.6 Å². The van der Waals surface area contributed by atoms with Gasteiger partial charge in [-0.2, -0.15) is 5.26 Å². The van der Waals surface area contributed by atoms with Crippen molar-refractivity contribution in [2.75, 3.05) is 13.2 Å². The molecule has 2 aliphatic carbocycles. The number of carbonyl (C=O) groups excluding carboxylic acids is 3. The van der Waals surface area contributed by atoms with Crippen molar-refractivity contribution in [2.45, 2.75) is 57.6 Å². The number of rotatable bonds is 6. The lowest BCUT2D eigenvalue weighted by Crippen LogP contribution is -2.46. The Morgan fingerprint density at radius 2 is 1.85 bits per heavy atom. The largest absolute Gasteiger partial charge is 0.468 e. The number of nitrogens with one attached hydrogen (secondary N) is 1. The Morgan fingerprint density at radius 3 is 2.50 bits per heavy atom. The molecule has 1 N–H and O–H groups in total. The van der Waals surface area contributed by atoms with E-state index in [9.17, 15) is 19.6 Å². The normalized spacial score (nSPS) is 21.9. The van der Waals surface area contributed by atoms with Gasteiger partial charge in [0, 0.05) is 11.1 Å². The van der Waals surface area contributed by atoms with Crippen molar-refractivity contribution in [3.05, 3.63) is 51.2 Å². The van der Waals surface area contributed by atoms with Crippen LogP contribution in [-0.2, 0) is 19.1 Å². The highest BCUT2D eigenvalue weighted by atomic mass is 35.5. The number of carbonyl (C=O) groups is 3. The predicted molar refractivity (Wildman–Crippen MR) is 122 cm³/mol. The summed E-state index contributed by atoms with van der Waals surface area (Å²) < 4.78 is 16.6. The standard InChI is InChI=1S/C25H25ClN2O6/c1-3-32-23(30)19-20(24(31)33-4-2)25(22(29)16-12-14(26)10-11-18(16)34-25)17(13-27)21(19)28-15-8-6-5-7-9-15/h10-12,15,28H,3-9H2,1-2H3. The summed E-state index contributed by atoms with van der Waals surface area (Å²) in [5.74, 6) is -2.26. The minimum absolute atomic E-state index is 0.00520. The van der Waals surface area contributed by atoms with Crippen LogP contribution in [0.3, 0.4) is 0 Å². The van der Waals surface area contributed by atoms with Gasteiger partial charge in [0.15, 0.2) is 0 Å². The first kappa shape index (κ1) is 23.8. The van der Waals surface area contributed by atoms with Gasteiger partial charge in [-0.15, -0.1) is 0 Å². The molecule has 1 saturated carbocycles. The van der Waals surface area contributed by atoms with Crippen LogP contribution in [0.25, 0.3) is 0 Å². The van der Waals surface area contributed by atoms with Crippen molar-refractivity contribution in [3.63, 3.8) is 0 Å². The Bertz CT molecular complexity index is 1160. The Morgan fingerprint density at radius 1 is 1.18 bits per heavy atom. The van der Waals surface area contributed by atoms with Crippen LogP contribution in [0.5, 0.6) is 5.75 Å². The second-order valence-corrected chi connectivity index (χ2v) is 8.72. The molecule has 1 fully saturated rings. The van der Waals surface area contributed by atoms with E-state index in [-0.39, 0.29) is 53.0 Å². The highest BCUT2D eigenvalue weighted by Gasteiger charge is 2.63. The summed E-state index contributed by atoms with van der Waals surface area (Å²) in [6, 6.07) is 6.47. The number of nitrogens with zero attached hydrogens (tertiary/aromatic N) is 1. The van der Waals surface area contributed by atoms with Crippen molar-refractivity contribution >= 4 is 29.3 Å². The fourth-order valence-corrected chi connectivity index (χ4v) is 4.98. The number of ketones is 1. The van der Waals surface area contributed by atoms with Gasteiger partial charge < -0.3 is 19.5 Å². The average Bonchev–Trinajstić information content (AvgIpc) is 3.26. The monoisotopic (exact) mass is 484 g/mol. The quantitative estimate of drug-likeness (QED) is 0.606. The number of nitriles is 1. The minimum atomic E-state index is -2.16. The van der Waals surface area contributed by atoms with E-state index in [0.717, 1.165) is 32.1 Å². The zero-order valence-corrected chi connectivity index (χ0v) is 19.8. The molecule has 1 spiro atoms. The van der Waals surface area contributed by atoms with E-state index in [2.05, 4.69) is 11.4 Å². The SMILES string of the molecule is CCOC(=O)C1=C(C(=O)OCC)C2(Oc3ccc(Cl)cc3C2=O)C(C#N)=C1NC1CCCCC1. The smallest absolute Gasteiger partial charge is 0.341 e. The van der Waals surface area contributed by atoms with Gasteiger partial charge in [0.2, 0.25) is 11.4 Å². The number of Topliss-reactive ketones (excluding diaryl/α,β-unsaturated/α-hetero) is 1. The zero-order chi connectivity index (χ0) is 24.5. The van der Waals surface area contributed by atoms with Crippen LogP contribution >= 0.6 is 11.6 Å². The molecular weight excluding hydrogens is 460 g/mol. The molecule has 8 nitrogen and oxygen atoms in total. The van der Waals surface area contributed by atoms with Crippen LogP contribution in [0.4, 0.5) is 0 Å². The van der Waals surface area contributed by atoms with Crippen molar-refractivity contribution in [1.29, 1.82) is 5.26 Å². The molecule has 178 valence electrons. The number of benzene rings is 1. The summed E-state index contributed by atoms with van der Waals surface area (Å²) in [5, 5.41) is 13.8. The molecule has 4 rings (SSSR count). The van der Waals surface area contributed by atoms with Gasteiger partial charge in [-0.05, 0) is 44.9 Å². The molecule has 0 aromatic heterocycles. The zero-order valence-electron chi connectivity index (χ0n) is 19.0. The first-order chi connectivity index (χ1) is 16.4. The molecule has 0 amide bonds. The molecule has 1 aromatic carbocycles. The predicted octanol–water partition coefficient (Wildman–Crippen LogP) is 3.79. The molecule has 1 aromatic rings. The fourth-order valence-electron chi connectivity index (χ4n) is 4.81. The maximum atomic E-state index is 13.8. The Labute approximate surface area is 202 Å². The average molecular weight is 485 g/mol. The molecular formula is C25H25ClN2O6. The summed E-state index contributed by atoms with van der Waals surface area (Å²) >= 11 is 6.11. The van der Waals surface area contributed by atoms with Crippen LogP contribution in [0.2, 0.25) is 5.02 Å². The molecule has 3 aliphatic rings. The van der Waals surface area contributed by atoms with Gasteiger partial charge in [-0.25, -0.2) is 9.59 Å². The lowest BCUT2D eigenvalue weighted by Gasteiger charge is -2.26. The minimum Gasteiger partial charge on any atom is -0.468 e. The summed E-state index contributed by atoms with van der Waals surface area (Å²) in [6.45, 7) is 3.27. The van der Waals surface area contributed by atoms with E-state index in [1.807, 2.05) is 0 Å². The van der Waals surface area contributed by atoms with E-state index in [0.29, 0.717) is 5.02 Å². The molecule has 0 radical (unpaired) electrons. The summed E-state index contributed by atoms with van der Waals surface area (Å²) in [5.41, 5.74) is -2.67. The third kappa shape index (κ3) is 3.74. The molecule has 0 saturated heterocycles. The van der Waals surface area contributed by atoms with Crippen molar-refractivity contribution in [2.24, 2.45) is 0 Å². The number of halogens is 1. The summed E-state index contributed by atoms with van der Waals surface area (Å²) in [7, 11) is 0. The van der Waals surface area contributed by atoms with Crippen molar-refractivity contribution in [3.8, 4) is 11.8 Å². The highest BCUT2D eigenvalue weighted by molar-refractivity contribution is 6.31. The van der Waals surface area contributed by atoms with E-state index in [4.69, 9.17) is 25.8 Å². The van der Waals surface area contributed by atoms with Gasteiger partial charge in [0.1, 0.15) is 23.0 Å². The van der Waals surface area contributed by atoms with Crippen LogP contribution < -0.4 is 10.1 Å². The van der Waals surface area contributed by atoms with E-state index >= 15 is 0 Å². The first-order valence-corrected chi connectivity index (χ1v) is 11.8. The number of esters is 2. The van der Waals surface area contributed by atoms with Gasteiger partial charge >= 0.3 is 11.9 Å². The maximum absolute atomic E-state index is 13.8. The Balaban J connectivity index is 1.97. The third-order valence-electron chi connectivity index (χ3n) is 6.25. The number of hydrogen-bond acceptors (Lipinski definition) is 8. The molecule has 0 bridgehead atoms. The van der Waals surface area contributed by atoms with E-state index < -0.39 is 23.3 Å². The number of ether oxygens (including phenoxy) is 3. The first-order valence-electron chi connectivity index (χ1n) is 11.4. The van der Waals surface area contributed by atoms with E-state index in [1.165, 1.54) is 12.1 Å². The summed E-state index contributed by atoms with van der Waals surface area (Å²) in [4.78, 5) is 40.3. The fraction of sp³-hybridized carbons (Fsp3) is 0.440. The van der Waals surface area contributed by atoms with Gasteiger partial charge in [0.25, 0.3) is 0 Å². The van der Waals surface area contributed by atoms with Gasteiger partial charge in [0.05, 0.1) is 30.0 Å². The maximum Gasteiger partial charge on any atom is 0.341 e. The molecule has 1 atom stereocenters. The topological polar surface area (TPSA) is 115 Å².